The number of rotatable bonds is 5. The summed E-state index contributed by atoms with van der Waals surface area (Å²) in [5.41, 5.74) is 1.83. The molecule has 1 aromatic heterocycles. The molecule has 2 aromatic rings. The molecule has 2 heterocycles. The summed E-state index contributed by atoms with van der Waals surface area (Å²) in [5, 5.41) is 10.4. The summed E-state index contributed by atoms with van der Waals surface area (Å²) in [5.74, 6) is -1.02. The van der Waals surface area contributed by atoms with E-state index in [4.69, 9.17) is 21.4 Å². The molecule has 1 amide bonds. The number of nitrogens with zero attached hydrogens (tertiary/aromatic N) is 3. The summed E-state index contributed by atoms with van der Waals surface area (Å²) in [6.07, 6.45) is 2.53. The quantitative estimate of drug-likeness (QED) is 0.781. The molecule has 1 saturated heterocycles. The van der Waals surface area contributed by atoms with Crippen molar-refractivity contribution >= 4 is 35.2 Å². The Morgan fingerprint density at radius 3 is 3.04 bits per heavy atom. The minimum Gasteiger partial charge on any atom is -0.479 e. The first-order chi connectivity index (χ1) is 12.5. The second-order valence-electron chi connectivity index (χ2n) is 5.79. The van der Waals surface area contributed by atoms with Gasteiger partial charge in [0, 0.05) is 24.0 Å². The molecular formula is C17H18ClN3O4S. The molecule has 1 unspecified atom stereocenters. The normalized spacial score (nSPS) is 17.3. The van der Waals surface area contributed by atoms with E-state index in [-0.39, 0.29) is 24.8 Å². The van der Waals surface area contributed by atoms with Gasteiger partial charge in [-0.2, -0.15) is 0 Å². The van der Waals surface area contributed by atoms with Crippen molar-refractivity contribution in [3.8, 4) is 5.69 Å². The highest BCUT2D eigenvalue weighted by Gasteiger charge is 2.29. The Morgan fingerprint density at radius 1 is 1.46 bits per heavy atom. The van der Waals surface area contributed by atoms with Crippen LogP contribution >= 0.6 is 23.4 Å². The van der Waals surface area contributed by atoms with Gasteiger partial charge in [-0.3, -0.25) is 9.36 Å². The van der Waals surface area contributed by atoms with Crippen LogP contribution in [0, 0.1) is 6.92 Å². The van der Waals surface area contributed by atoms with E-state index in [2.05, 4.69) is 4.98 Å². The van der Waals surface area contributed by atoms with E-state index in [1.807, 2.05) is 35.9 Å². The average molecular weight is 396 g/mol. The van der Waals surface area contributed by atoms with Crippen LogP contribution in [-0.4, -0.2) is 63.0 Å². The summed E-state index contributed by atoms with van der Waals surface area (Å²) in [6.45, 7) is 2.61. The number of hydrogen-bond donors (Lipinski definition) is 1. The zero-order chi connectivity index (χ0) is 18.7. The Morgan fingerprint density at radius 2 is 2.27 bits per heavy atom. The van der Waals surface area contributed by atoms with Crippen LogP contribution in [0.5, 0.6) is 0 Å². The summed E-state index contributed by atoms with van der Waals surface area (Å²) >= 11 is 7.49. The topological polar surface area (TPSA) is 84.7 Å². The number of carboxylic acid groups (broad SMARTS) is 1. The predicted molar refractivity (Wildman–Crippen MR) is 98.0 cm³/mol. The molecule has 0 aliphatic carbocycles. The lowest BCUT2D eigenvalue weighted by Gasteiger charge is -2.30. The number of benzene rings is 1. The third-order valence-electron chi connectivity index (χ3n) is 4.12. The van der Waals surface area contributed by atoms with Gasteiger partial charge in [-0.15, -0.1) is 0 Å². The first-order valence-corrected chi connectivity index (χ1v) is 9.37. The monoisotopic (exact) mass is 395 g/mol. The van der Waals surface area contributed by atoms with E-state index in [0.717, 1.165) is 11.3 Å². The lowest BCUT2D eigenvalue weighted by atomic mass is 10.2. The number of halogens is 1. The van der Waals surface area contributed by atoms with Crippen LogP contribution in [0.3, 0.4) is 0 Å². The Bertz CT molecular complexity index is 826. The summed E-state index contributed by atoms with van der Waals surface area (Å²) in [6, 6.07) is 5.63. The molecule has 1 aromatic carbocycles. The highest BCUT2D eigenvalue weighted by atomic mass is 35.5. The first-order valence-electron chi connectivity index (χ1n) is 8.01. The molecule has 9 heteroatoms. The molecule has 0 radical (unpaired) electrons. The van der Waals surface area contributed by atoms with Gasteiger partial charge in [0.1, 0.15) is 0 Å². The largest absolute Gasteiger partial charge is 0.479 e. The van der Waals surface area contributed by atoms with Crippen molar-refractivity contribution in [1.29, 1.82) is 0 Å². The standard InChI is InChI=1S/C17H18ClN3O4S/c1-11-12(18)3-2-4-13(11)21-6-5-19-17(21)26-10-15(22)20-7-8-25-14(9-20)16(23)24/h2-6,14H,7-10H2,1H3,(H,23,24). The third kappa shape index (κ3) is 4.03. The predicted octanol–water partition coefficient (Wildman–Crippen LogP) is 2.24. The second-order valence-corrected chi connectivity index (χ2v) is 7.14. The number of carboxylic acids is 1. The number of morpholine rings is 1. The second kappa shape index (κ2) is 8.11. The fourth-order valence-electron chi connectivity index (χ4n) is 2.68. The van der Waals surface area contributed by atoms with Crippen molar-refractivity contribution in [2.24, 2.45) is 0 Å². The number of hydrogen-bond acceptors (Lipinski definition) is 5. The van der Waals surface area contributed by atoms with Gasteiger partial charge in [0.2, 0.25) is 5.91 Å². The van der Waals surface area contributed by atoms with E-state index in [0.29, 0.717) is 16.7 Å². The van der Waals surface area contributed by atoms with Crippen LogP contribution in [0.25, 0.3) is 5.69 Å². The van der Waals surface area contributed by atoms with Gasteiger partial charge >= 0.3 is 5.97 Å². The van der Waals surface area contributed by atoms with Gasteiger partial charge in [0.15, 0.2) is 11.3 Å². The van der Waals surface area contributed by atoms with Crippen molar-refractivity contribution in [2.75, 3.05) is 25.4 Å². The fraction of sp³-hybridized carbons (Fsp3) is 0.353. The summed E-state index contributed by atoms with van der Waals surface area (Å²) < 4.78 is 7.03. The van der Waals surface area contributed by atoms with E-state index >= 15 is 0 Å². The molecule has 0 saturated carbocycles. The van der Waals surface area contributed by atoms with Gasteiger partial charge in [-0.25, -0.2) is 9.78 Å². The highest BCUT2D eigenvalue weighted by molar-refractivity contribution is 7.99. The molecule has 1 fully saturated rings. The lowest BCUT2D eigenvalue weighted by molar-refractivity contribution is -0.158. The molecule has 0 spiro atoms. The summed E-state index contributed by atoms with van der Waals surface area (Å²) in [7, 11) is 0. The Hall–Kier alpha value is -2.03. The first kappa shape index (κ1) is 18.8. The van der Waals surface area contributed by atoms with E-state index in [1.54, 1.807) is 6.20 Å². The third-order valence-corrected chi connectivity index (χ3v) is 5.49. The number of amides is 1. The number of ether oxygens (including phenoxy) is 1. The number of aliphatic carboxylic acids is 1. The molecular weight excluding hydrogens is 378 g/mol. The van der Waals surface area contributed by atoms with Gasteiger partial charge in [-0.1, -0.05) is 29.4 Å². The minimum absolute atomic E-state index is 0.0660. The molecule has 0 bridgehead atoms. The number of thioether (sulfide) groups is 1. The summed E-state index contributed by atoms with van der Waals surface area (Å²) in [4.78, 5) is 29.3. The van der Waals surface area contributed by atoms with Crippen LogP contribution in [-0.2, 0) is 14.3 Å². The maximum Gasteiger partial charge on any atom is 0.334 e. The number of carbonyl (C=O) groups is 2. The Kier molecular flexibility index (Phi) is 5.85. The van der Waals surface area contributed by atoms with Gasteiger partial charge in [-0.05, 0) is 24.6 Å². The zero-order valence-corrected chi connectivity index (χ0v) is 15.7. The molecule has 1 atom stereocenters. The minimum atomic E-state index is -1.05. The maximum atomic E-state index is 12.4. The smallest absolute Gasteiger partial charge is 0.334 e. The molecule has 26 heavy (non-hydrogen) atoms. The van der Waals surface area contributed by atoms with Crippen LogP contribution in [0.15, 0.2) is 35.7 Å². The Balaban J connectivity index is 1.68. The van der Waals surface area contributed by atoms with Crippen molar-refractivity contribution in [2.45, 2.75) is 18.2 Å². The Labute approximate surface area is 159 Å². The molecule has 1 N–H and O–H groups in total. The van der Waals surface area contributed by atoms with Gasteiger partial charge in [0.25, 0.3) is 0 Å². The van der Waals surface area contributed by atoms with Crippen molar-refractivity contribution in [3.63, 3.8) is 0 Å². The number of carbonyl (C=O) groups excluding carboxylic acids is 1. The van der Waals surface area contributed by atoms with Crippen molar-refractivity contribution in [1.82, 2.24) is 14.5 Å². The van der Waals surface area contributed by atoms with Crippen LogP contribution in [0.2, 0.25) is 5.02 Å². The molecule has 7 nitrogen and oxygen atoms in total. The number of imidazole rings is 1. The van der Waals surface area contributed by atoms with E-state index in [1.165, 1.54) is 16.7 Å². The van der Waals surface area contributed by atoms with E-state index < -0.39 is 12.1 Å². The van der Waals surface area contributed by atoms with E-state index in [9.17, 15) is 9.59 Å². The molecule has 138 valence electrons. The number of aromatic nitrogens is 2. The van der Waals surface area contributed by atoms with Crippen LogP contribution < -0.4 is 0 Å². The van der Waals surface area contributed by atoms with Crippen molar-refractivity contribution in [3.05, 3.63) is 41.2 Å². The lowest BCUT2D eigenvalue weighted by Crippen LogP contribution is -2.49. The SMILES string of the molecule is Cc1c(Cl)cccc1-n1ccnc1SCC(=O)N1CCOC(C(=O)O)C1. The van der Waals surface area contributed by atoms with Gasteiger partial charge in [0.05, 0.1) is 24.6 Å². The zero-order valence-electron chi connectivity index (χ0n) is 14.1. The van der Waals surface area contributed by atoms with Crippen molar-refractivity contribution < 1.29 is 19.4 Å². The molecule has 1 aliphatic heterocycles. The average Bonchev–Trinajstić information content (AvgIpc) is 3.10. The molecule has 1 aliphatic rings. The van der Waals surface area contributed by atoms with Crippen LogP contribution in [0.4, 0.5) is 0 Å². The van der Waals surface area contributed by atoms with Gasteiger partial charge < -0.3 is 14.7 Å². The highest BCUT2D eigenvalue weighted by Crippen LogP contribution is 2.26. The fourth-order valence-corrected chi connectivity index (χ4v) is 3.72. The molecule has 3 rings (SSSR count). The maximum absolute atomic E-state index is 12.4. The van der Waals surface area contributed by atoms with Crippen LogP contribution in [0.1, 0.15) is 5.56 Å².